The Kier molecular flexibility index (Phi) is 7.43. The zero-order chi connectivity index (χ0) is 21.4. The van der Waals surface area contributed by atoms with Gasteiger partial charge in [-0.15, -0.1) is 0 Å². The third kappa shape index (κ3) is 5.81. The van der Waals surface area contributed by atoms with Crippen LogP contribution in [0.4, 0.5) is 0 Å². The van der Waals surface area contributed by atoms with Gasteiger partial charge in [0, 0.05) is 18.7 Å². The molecule has 0 aliphatic heterocycles. The van der Waals surface area contributed by atoms with Crippen LogP contribution in [0.5, 0.6) is 0 Å². The lowest BCUT2D eigenvalue weighted by Crippen LogP contribution is -2.26. The molecule has 158 valence electrons. The molecule has 0 radical (unpaired) electrons. The van der Waals surface area contributed by atoms with E-state index in [-0.39, 0.29) is 22.5 Å². The second-order valence-corrected chi connectivity index (χ2v) is 8.87. The first-order valence-electron chi connectivity index (χ1n) is 9.76. The number of carbonyl (C=O) groups excluding carboxylic acids is 1. The van der Waals surface area contributed by atoms with Crippen molar-refractivity contribution in [2.45, 2.75) is 30.1 Å². The molecule has 3 rings (SSSR count). The molecule has 3 aromatic rings. The van der Waals surface area contributed by atoms with Crippen LogP contribution in [0.1, 0.15) is 41.1 Å². The molecular weight excluding hydrogens is 402 g/mol. The average molecular weight is 428 g/mol. The van der Waals surface area contributed by atoms with E-state index in [0.717, 1.165) is 5.56 Å². The lowest BCUT2D eigenvalue weighted by Gasteiger charge is -2.13. The fourth-order valence-electron chi connectivity index (χ4n) is 3.00. The van der Waals surface area contributed by atoms with Gasteiger partial charge in [0.05, 0.1) is 23.0 Å². The quantitative estimate of drug-likeness (QED) is 0.491. The van der Waals surface area contributed by atoms with Crippen molar-refractivity contribution >= 4 is 15.7 Å². The zero-order valence-corrected chi connectivity index (χ0v) is 17.6. The fourth-order valence-corrected chi connectivity index (χ4v) is 4.37. The molecule has 0 aliphatic carbocycles. The first kappa shape index (κ1) is 21.8. The van der Waals surface area contributed by atoms with Gasteiger partial charge in [0.25, 0.3) is 5.91 Å². The standard InChI is InChI=1S/C23H25NO5S/c1-18(19-9-4-2-5-10-19)28-15-8-14-24-23(25)22-20(13-16-29-22)17-30(26,27)21-11-6-3-7-12-21/h2-7,9-13,16,18H,8,14-15,17H2,1H3,(H,24,25). The Morgan fingerprint density at radius 1 is 1.03 bits per heavy atom. The van der Waals surface area contributed by atoms with E-state index in [0.29, 0.717) is 25.1 Å². The molecular formula is C23H25NO5S. The summed E-state index contributed by atoms with van der Waals surface area (Å²) in [5, 5.41) is 2.76. The summed E-state index contributed by atoms with van der Waals surface area (Å²) in [6.45, 7) is 2.87. The predicted octanol–water partition coefficient (Wildman–Crippen LogP) is 4.15. The molecule has 1 atom stereocenters. The number of amides is 1. The van der Waals surface area contributed by atoms with Gasteiger partial charge in [-0.3, -0.25) is 4.79 Å². The molecule has 1 heterocycles. The summed E-state index contributed by atoms with van der Waals surface area (Å²) in [5.74, 6) is -0.712. The van der Waals surface area contributed by atoms with Gasteiger partial charge in [0.2, 0.25) is 0 Å². The lowest BCUT2D eigenvalue weighted by molar-refractivity contribution is 0.0633. The number of rotatable bonds is 10. The van der Waals surface area contributed by atoms with Gasteiger partial charge in [0.1, 0.15) is 0 Å². The van der Waals surface area contributed by atoms with Crippen LogP contribution in [0.25, 0.3) is 0 Å². The highest BCUT2D eigenvalue weighted by molar-refractivity contribution is 7.90. The number of hydrogen-bond donors (Lipinski definition) is 1. The number of benzene rings is 2. The first-order valence-corrected chi connectivity index (χ1v) is 11.4. The minimum atomic E-state index is -3.56. The van der Waals surface area contributed by atoms with E-state index in [1.807, 2.05) is 37.3 Å². The molecule has 6 nitrogen and oxygen atoms in total. The molecule has 2 aromatic carbocycles. The van der Waals surface area contributed by atoms with Crippen molar-refractivity contribution in [2.24, 2.45) is 0 Å². The molecule has 7 heteroatoms. The molecule has 0 saturated heterocycles. The van der Waals surface area contributed by atoms with Gasteiger partial charge < -0.3 is 14.5 Å². The Balaban J connectivity index is 1.48. The summed E-state index contributed by atoms with van der Waals surface area (Å²) in [4.78, 5) is 12.6. The molecule has 1 amide bonds. The van der Waals surface area contributed by atoms with E-state index in [9.17, 15) is 13.2 Å². The van der Waals surface area contributed by atoms with E-state index in [1.54, 1.807) is 18.2 Å². The molecule has 0 aliphatic rings. The predicted molar refractivity (Wildman–Crippen MR) is 114 cm³/mol. The van der Waals surface area contributed by atoms with Crippen molar-refractivity contribution in [3.63, 3.8) is 0 Å². The Morgan fingerprint density at radius 2 is 1.70 bits per heavy atom. The second kappa shape index (κ2) is 10.2. The molecule has 1 N–H and O–H groups in total. The maximum absolute atomic E-state index is 12.6. The third-order valence-corrected chi connectivity index (χ3v) is 6.33. The monoisotopic (exact) mass is 427 g/mol. The van der Waals surface area contributed by atoms with E-state index >= 15 is 0 Å². The molecule has 0 fully saturated rings. The van der Waals surface area contributed by atoms with Crippen molar-refractivity contribution in [1.29, 1.82) is 0 Å². The van der Waals surface area contributed by atoms with E-state index in [1.165, 1.54) is 24.5 Å². The largest absolute Gasteiger partial charge is 0.459 e. The molecule has 30 heavy (non-hydrogen) atoms. The highest BCUT2D eigenvalue weighted by Gasteiger charge is 2.22. The van der Waals surface area contributed by atoms with Gasteiger partial charge in [-0.05, 0) is 37.1 Å². The Labute approximate surface area is 176 Å². The van der Waals surface area contributed by atoms with Crippen LogP contribution in [-0.4, -0.2) is 27.5 Å². The van der Waals surface area contributed by atoms with Gasteiger partial charge in [-0.2, -0.15) is 0 Å². The van der Waals surface area contributed by atoms with Crippen molar-refractivity contribution < 1.29 is 22.4 Å². The molecule has 0 bridgehead atoms. The van der Waals surface area contributed by atoms with Crippen LogP contribution < -0.4 is 5.32 Å². The van der Waals surface area contributed by atoms with Crippen molar-refractivity contribution in [1.82, 2.24) is 5.32 Å². The smallest absolute Gasteiger partial charge is 0.287 e. The van der Waals surface area contributed by atoms with E-state index in [4.69, 9.17) is 9.15 Å². The maximum atomic E-state index is 12.6. The minimum absolute atomic E-state index is 0.0214. The molecule has 0 saturated carbocycles. The normalized spacial score (nSPS) is 12.4. The summed E-state index contributed by atoms with van der Waals surface area (Å²) in [6, 6.07) is 19.6. The number of carbonyl (C=O) groups is 1. The van der Waals surface area contributed by atoms with Crippen molar-refractivity contribution in [3.8, 4) is 0 Å². The van der Waals surface area contributed by atoms with E-state index in [2.05, 4.69) is 5.32 Å². The summed E-state index contributed by atoms with van der Waals surface area (Å²) >= 11 is 0. The first-order chi connectivity index (χ1) is 14.5. The fraction of sp³-hybridized carbons (Fsp3) is 0.261. The van der Waals surface area contributed by atoms with E-state index < -0.39 is 15.7 Å². The summed E-state index contributed by atoms with van der Waals surface area (Å²) in [5.41, 5.74) is 1.44. The van der Waals surface area contributed by atoms with Crippen LogP contribution in [0, 0.1) is 0 Å². The van der Waals surface area contributed by atoms with Crippen molar-refractivity contribution in [3.05, 3.63) is 89.9 Å². The number of hydrogen-bond acceptors (Lipinski definition) is 5. The van der Waals surface area contributed by atoms with Gasteiger partial charge in [-0.1, -0.05) is 48.5 Å². The number of nitrogens with one attached hydrogen (secondary N) is 1. The minimum Gasteiger partial charge on any atom is -0.459 e. The number of furan rings is 1. The maximum Gasteiger partial charge on any atom is 0.287 e. The zero-order valence-electron chi connectivity index (χ0n) is 16.8. The average Bonchev–Trinajstić information content (AvgIpc) is 3.22. The Morgan fingerprint density at radius 3 is 2.40 bits per heavy atom. The topological polar surface area (TPSA) is 85.6 Å². The van der Waals surface area contributed by atoms with Crippen molar-refractivity contribution in [2.75, 3.05) is 13.2 Å². The highest BCUT2D eigenvalue weighted by atomic mass is 32.2. The Hall–Kier alpha value is -2.90. The Bertz CT molecular complexity index is 1050. The second-order valence-electron chi connectivity index (χ2n) is 6.88. The van der Waals surface area contributed by atoms with Gasteiger partial charge in [0.15, 0.2) is 15.6 Å². The lowest BCUT2D eigenvalue weighted by atomic mass is 10.1. The number of ether oxygens (including phenoxy) is 1. The molecule has 1 aromatic heterocycles. The number of sulfone groups is 1. The third-order valence-electron chi connectivity index (χ3n) is 4.64. The summed E-state index contributed by atoms with van der Waals surface area (Å²) < 4.78 is 36.2. The highest BCUT2D eigenvalue weighted by Crippen LogP contribution is 2.20. The van der Waals surface area contributed by atoms with Crippen LogP contribution >= 0.6 is 0 Å². The molecule has 0 spiro atoms. The van der Waals surface area contributed by atoms with Crippen LogP contribution in [0.3, 0.4) is 0 Å². The molecule has 1 unspecified atom stereocenters. The summed E-state index contributed by atoms with van der Waals surface area (Å²) in [7, 11) is -3.56. The van der Waals surface area contributed by atoms with Gasteiger partial charge >= 0.3 is 0 Å². The summed E-state index contributed by atoms with van der Waals surface area (Å²) in [6.07, 6.45) is 1.93. The van der Waals surface area contributed by atoms with Crippen LogP contribution in [0.15, 0.2) is 82.3 Å². The van der Waals surface area contributed by atoms with Crippen LogP contribution in [0.2, 0.25) is 0 Å². The van der Waals surface area contributed by atoms with Gasteiger partial charge in [-0.25, -0.2) is 8.42 Å². The SMILES string of the molecule is CC(OCCCNC(=O)c1occc1CS(=O)(=O)c1ccccc1)c1ccccc1. The van der Waals surface area contributed by atoms with Crippen LogP contribution in [-0.2, 0) is 20.3 Å².